The van der Waals surface area contributed by atoms with Crippen molar-refractivity contribution in [3.05, 3.63) is 47.5 Å². The van der Waals surface area contributed by atoms with E-state index in [1.807, 2.05) is 13.1 Å². The highest BCUT2D eigenvalue weighted by molar-refractivity contribution is 7.89. The molecule has 1 aromatic heterocycles. The monoisotopic (exact) mass is 389 g/mol. The number of aryl methyl sites for hydroxylation is 1. The molecular formula is C19H23N3O4S. The molecule has 3 heterocycles. The van der Waals surface area contributed by atoms with Crippen molar-refractivity contribution >= 4 is 10.0 Å². The van der Waals surface area contributed by atoms with Gasteiger partial charge in [0.15, 0.2) is 0 Å². The summed E-state index contributed by atoms with van der Waals surface area (Å²) in [4.78, 5) is 9.18. The normalized spacial score (nSPS) is 23.2. The summed E-state index contributed by atoms with van der Waals surface area (Å²) in [6.07, 6.45) is 4.07. The summed E-state index contributed by atoms with van der Waals surface area (Å²) in [5, 5.41) is 0. The molecule has 4 rings (SSSR count). The van der Waals surface area contributed by atoms with Gasteiger partial charge in [0, 0.05) is 19.3 Å². The van der Waals surface area contributed by atoms with Crippen LogP contribution in [0.5, 0.6) is 5.75 Å². The third-order valence-electron chi connectivity index (χ3n) is 5.28. The lowest BCUT2D eigenvalue weighted by molar-refractivity contribution is -0.0935. The van der Waals surface area contributed by atoms with Gasteiger partial charge in [-0.2, -0.15) is 4.31 Å². The topological polar surface area (TPSA) is 81.6 Å². The lowest BCUT2D eigenvalue weighted by Gasteiger charge is -2.44. The molecule has 27 heavy (non-hydrogen) atoms. The highest BCUT2D eigenvalue weighted by atomic mass is 32.2. The van der Waals surface area contributed by atoms with E-state index in [2.05, 4.69) is 9.97 Å². The molecule has 7 nitrogen and oxygen atoms in total. The fraction of sp³-hybridized carbons (Fsp3) is 0.474. The van der Waals surface area contributed by atoms with Crippen molar-refractivity contribution in [2.45, 2.75) is 36.7 Å². The van der Waals surface area contributed by atoms with Gasteiger partial charge in [0.2, 0.25) is 10.0 Å². The summed E-state index contributed by atoms with van der Waals surface area (Å²) >= 11 is 0. The average molecular weight is 389 g/mol. The summed E-state index contributed by atoms with van der Waals surface area (Å²) in [6.45, 7) is 3.14. The van der Waals surface area contributed by atoms with Gasteiger partial charge in [0.05, 0.1) is 24.3 Å². The molecule has 0 unspecified atom stereocenters. The van der Waals surface area contributed by atoms with E-state index in [0.717, 1.165) is 30.5 Å². The number of rotatable bonds is 3. The predicted molar refractivity (Wildman–Crippen MR) is 99.1 cm³/mol. The second kappa shape index (κ2) is 6.85. The molecular weight excluding hydrogens is 366 g/mol. The van der Waals surface area contributed by atoms with Crippen LogP contribution in [0.3, 0.4) is 0 Å². The Bertz CT molecular complexity index is 946. The van der Waals surface area contributed by atoms with E-state index < -0.39 is 15.6 Å². The fourth-order valence-electron chi connectivity index (χ4n) is 3.89. The molecule has 2 aliphatic rings. The van der Waals surface area contributed by atoms with Crippen LogP contribution in [0, 0.1) is 6.92 Å². The molecule has 2 aliphatic heterocycles. The van der Waals surface area contributed by atoms with Crippen LogP contribution in [-0.2, 0) is 26.8 Å². The third-order valence-corrected chi connectivity index (χ3v) is 7.14. The van der Waals surface area contributed by atoms with E-state index in [1.165, 1.54) is 4.31 Å². The first-order valence-electron chi connectivity index (χ1n) is 9.06. The second-order valence-corrected chi connectivity index (χ2v) is 8.94. The highest BCUT2D eigenvalue weighted by Gasteiger charge is 2.46. The Morgan fingerprint density at radius 1 is 1.26 bits per heavy atom. The summed E-state index contributed by atoms with van der Waals surface area (Å²) < 4.78 is 39.2. The number of nitrogens with zero attached hydrogens (tertiary/aromatic N) is 3. The molecule has 1 spiro atoms. The average Bonchev–Trinajstić information content (AvgIpc) is 2.69. The Hall–Kier alpha value is -2.03. The molecule has 1 fully saturated rings. The standard InChI is InChI=1S/C19H23N3O4S/c1-14-20-12-15-8-11-26-19(18(15)21-14)9-3-10-22(13-19)27(23,24)17-6-4-16(25-2)5-7-17/h4-7,12H,3,8-11,13H2,1-2H3/t19-/m0/s1. The van der Waals surface area contributed by atoms with E-state index >= 15 is 0 Å². The van der Waals surface area contributed by atoms with Crippen LogP contribution in [-0.4, -0.2) is 49.5 Å². The zero-order valence-corrected chi connectivity index (χ0v) is 16.3. The Balaban J connectivity index is 1.68. The van der Waals surface area contributed by atoms with Crippen LogP contribution in [0.25, 0.3) is 0 Å². The maximum atomic E-state index is 13.2. The minimum Gasteiger partial charge on any atom is -0.497 e. The number of sulfonamides is 1. The van der Waals surface area contributed by atoms with Crippen LogP contribution < -0.4 is 4.74 Å². The van der Waals surface area contributed by atoms with Crippen molar-refractivity contribution in [3.8, 4) is 5.75 Å². The molecule has 2 aromatic rings. The van der Waals surface area contributed by atoms with E-state index in [0.29, 0.717) is 24.7 Å². The minimum atomic E-state index is -3.62. The summed E-state index contributed by atoms with van der Waals surface area (Å²) in [5.41, 5.74) is 1.20. The van der Waals surface area contributed by atoms with Crippen molar-refractivity contribution in [1.29, 1.82) is 0 Å². The number of fused-ring (bicyclic) bond motifs is 2. The Labute approximate surface area is 159 Å². The molecule has 0 aliphatic carbocycles. The quantitative estimate of drug-likeness (QED) is 0.799. The molecule has 1 atom stereocenters. The van der Waals surface area contributed by atoms with Gasteiger partial charge in [-0.1, -0.05) is 0 Å². The largest absolute Gasteiger partial charge is 0.497 e. The summed E-state index contributed by atoms with van der Waals surface area (Å²) in [5.74, 6) is 1.30. The number of methoxy groups -OCH3 is 1. The smallest absolute Gasteiger partial charge is 0.243 e. The first-order chi connectivity index (χ1) is 12.9. The number of hydrogen-bond acceptors (Lipinski definition) is 6. The number of hydrogen-bond donors (Lipinski definition) is 0. The van der Waals surface area contributed by atoms with Gasteiger partial charge in [-0.3, -0.25) is 0 Å². The molecule has 0 amide bonds. The van der Waals surface area contributed by atoms with Crippen LogP contribution in [0.15, 0.2) is 35.4 Å². The maximum Gasteiger partial charge on any atom is 0.243 e. The Morgan fingerprint density at radius 3 is 2.78 bits per heavy atom. The fourth-order valence-corrected chi connectivity index (χ4v) is 5.42. The van der Waals surface area contributed by atoms with E-state index in [4.69, 9.17) is 9.47 Å². The maximum absolute atomic E-state index is 13.2. The van der Waals surface area contributed by atoms with Crippen molar-refractivity contribution in [3.63, 3.8) is 0 Å². The van der Waals surface area contributed by atoms with Gasteiger partial charge in [0.1, 0.15) is 17.2 Å². The third kappa shape index (κ3) is 3.22. The van der Waals surface area contributed by atoms with Crippen molar-refractivity contribution in [2.24, 2.45) is 0 Å². The van der Waals surface area contributed by atoms with Gasteiger partial charge in [0.25, 0.3) is 0 Å². The summed E-state index contributed by atoms with van der Waals surface area (Å²) in [6, 6.07) is 6.49. The van der Waals surface area contributed by atoms with Crippen LogP contribution in [0.2, 0.25) is 0 Å². The predicted octanol–water partition coefficient (Wildman–Crippen LogP) is 2.05. The first kappa shape index (κ1) is 18.3. The zero-order chi connectivity index (χ0) is 19.1. The van der Waals surface area contributed by atoms with E-state index in [-0.39, 0.29) is 11.4 Å². The van der Waals surface area contributed by atoms with Gasteiger partial charge < -0.3 is 9.47 Å². The molecule has 144 valence electrons. The lowest BCUT2D eigenvalue weighted by Crippen LogP contribution is -2.52. The molecule has 1 aromatic carbocycles. The van der Waals surface area contributed by atoms with Crippen LogP contribution >= 0.6 is 0 Å². The summed E-state index contributed by atoms with van der Waals surface area (Å²) in [7, 11) is -2.07. The SMILES string of the molecule is COc1ccc(S(=O)(=O)N2CCC[C@@]3(C2)OCCc2cnc(C)nc23)cc1. The molecule has 0 N–H and O–H groups in total. The first-order valence-corrected chi connectivity index (χ1v) is 10.5. The second-order valence-electron chi connectivity index (χ2n) is 7.00. The Morgan fingerprint density at radius 2 is 2.04 bits per heavy atom. The highest BCUT2D eigenvalue weighted by Crippen LogP contribution is 2.40. The van der Waals surface area contributed by atoms with Crippen molar-refractivity contribution in [2.75, 3.05) is 26.8 Å². The zero-order valence-electron chi connectivity index (χ0n) is 15.5. The van der Waals surface area contributed by atoms with Gasteiger partial charge in [-0.25, -0.2) is 18.4 Å². The molecule has 8 heteroatoms. The van der Waals surface area contributed by atoms with Crippen LogP contribution in [0.1, 0.15) is 29.9 Å². The molecule has 0 radical (unpaired) electrons. The van der Waals surface area contributed by atoms with Crippen molar-refractivity contribution in [1.82, 2.24) is 14.3 Å². The lowest BCUT2D eigenvalue weighted by atomic mass is 9.85. The molecule has 0 saturated carbocycles. The van der Waals surface area contributed by atoms with E-state index in [9.17, 15) is 8.42 Å². The van der Waals surface area contributed by atoms with Gasteiger partial charge in [-0.15, -0.1) is 0 Å². The van der Waals surface area contributed by atoms with Crippen molar-refractivity contribution < 1.29 is 17.9 Å². The van der Waals surface area contributed by atoms with Crippen LogP contribution in [0.4, 0.5) is 0 Å². The van der Waals surface area contributed by atoms with Gasteiger partial charge in [-0.05, 0) is 56.0 Å². The molecule has 1 saturated heterocycles. The number of piperidine rings is 1. The number of benzene rings is 1. The number of ether oxygens (including phenoxy) is 2. The molecule has 0 bridgehead atoms. The number of aromatic nitrogens is 2. The Kier molecular flexibility index (Phi) is 4.65. The van der Waals surface area contributed by atoms with Gasteiger partial charge >= 0.3 is 0 Å². The van der Waals surface area contributed by atoms with E-state index in [1.54, 1.807) is 31.4 Å². The minimum absolute atomic E-state index is 0.259.